The molecular formula is C7H13N5OS. The number of nitrogens with one attached hydrogen (secondary N) is 2. The zero-order valence-electron chi connectivity index (χ0n) is 7.91. The number of carbonyl (C=O) groups is 1. The Balaban J connectivity index is 2.60. The van der Waals surface area contributed by atoms with Crippen molar-refractivity contribution in [2.75, 3.05) is 12.3 Å². The lowest BCUT2D eigenvalue weighted by Gasteiger charge is -2.04. The Morgan fingerprint density at radius 3 is 3.00 bits per heavy atom. The van der Waals surface area contributed by atoms with E-state index in [1.54, 1.807) is 0 Å². The van der Waals surface area contributed by atoms with Gasteiger partial charge in [0.15, 0.2) is 4.77 Å². The molecule has 1 aromatic heterocycles. The molecule has 0 saturated heterocycles. The van der Waals surface area contributed by atoms with Crippen LogP contribution in [0.4, 0.5) is 5.95 Å². The number of carbonyl (C=O) groups excluding carboxylic acids is 1. The molecule has 0 aromatic carbocycles. The number of rotatable bonds is 4. The highest BCUT2D eigenvalue weighted by atomic mass is 32.1. The highest BCUT2D eigenvalue weighted by molar-refractivity contribution is 7.71. The largest absolute Gasteiger partial charge is 0.368 e. The van der Waals surface area contributed by atoms with Gasteiger partial charge in [-0.3, -0.25) is 9.36 Å². The molecule has 6 nitrogen and oxygen atoms in total. The third-order valence-corrected chi connectivity index (χ3v) is 1.97. The first-order valence-corrected chi connectivity index (χ1v) is 4.73. The molecule has 0 bridgehead atoms. The van der Waals surface area contributed by atoms with Crippen LogP contribution in [0.25, 0.3) is 0 Å². The van der Waals surface area contributed by atoms with Gasteiger partial charge in [-0.05, 0) is 18.6 Å². The van der Waals surface area contributed by atoms with Crippen LogP contribution in [0.5, 0.6) is 0 Å². The van der Waals surface area contributed by atoms with Gasteiger partial charge in [-0.2, -0.15) is 0 Å². The number of nitrogens with zero attached hydrogens (tertiary/aromatic N) is 2. The fourth-order valence-corrected chi connectivity index (χ4v) is 1.15. The van der Waals surface area contributed by atoms with Crippen LogP contribution in [-0.2, 0) is 11.3 Å². The van der Waals surface area contributed by atoms with Gasteiger partial charge in [0.2, 0.25) is 11.9 Å². The molecule has 1 aromatic rings. The third-order valence-electron chi connectivity index (χ3n) is 1.66. The Morgan fingerprint density at radius 2 is 2.50 bits per heavy atom. The molecule has 0 spiro atoms. The van der Waals surface area contributed by atoms with Crippen LogP contribution in [0.1, 0.15) is 13.3 Å². The van der Waals surface area contributed by atoms with Crippen molar-refractivity contribution in [2.45, 2.75) is 19.9 Å². The number of anilines is 1. The van der Waals surface area contributed by atoms with Gasteiger partial charge in [-0.15, -0.1) is 5.10 Å². The second kappa shape index (κ2) is 4.75. The zero-order chi connectivity index (χ0) is 10.6. The summed E-state index contributed by atoms with van der Waals surface area (Å²) in [7, 11) is 0. The van der Waals surface area contributed by atoms with Crippen LogP contribution < -0.4 is 11.1 Å². The summed E-state index contributed by atoms with van der Waals surface area (Å²) in [6, 6.07) is 0. The van der Waals surface area contributed by atoms with Crippen molar-refractivity contribution >= 4 is 24.1 Å². The zero-order valence-corrected chi connectivity index (χ0v) is 8.73. The smallest absolute Gasteiger partial charge is 0.240 e. The first kappa shape index (κ1) is 10.7. The van der Waals surface area contributed by atoms with Gasteiger partial charge in [0, 0.05) is 6.54 Å². The van der Waals surface area contributed by atoms with Gasteiger partial charge in [-0.25, -0.2) is 5.10 Å². The van der Waals surface area contributed by atoms with E-state index in [1.807, 2.05) is 6.92 Å². The maximum Gasteiger partial charge on any atom is 0.240 e. The van der Waals surface area contributed by atoms with E-state index in [2.05, 4.69) is 15.5 Å². The number of hydrogen-bond acceptors (Lipinski definition) is 4. The lowest BCUT2D eigenvalue weighted by molar-refractivity contribution is -0.121. The summed E-state index contributed by atoms with van der Waals surface area (Å²) in [5.74, 6) is 0.109. The number of nitrogens with two attached hydrogens (primary N) is 1. The molecule has 0 aliphatic rings. The number of aromatic amines is 1. The highest BCUT2D eigenvalue weighted by Gasteiger charge is 2.06. The molecule has 1 heterocycles. The minimum atomic E-state index is -0.115. The van der Waals surface area contributed by atoms with Crippen LogP contribution in [0, 0.1) is 4.77 Å². The normalized spacial score (nSPS) is 10.1. The molecule has 0 fully saturated rings. The minimum Gasteiger partial charge on any atom is -0.368 e. The SMILES string of the molecule is CCCNC(=O)Cn1c(N)n[nH]c1=S. The molecule has 0 aliphatic carbocycles. The predicted molar refractivity (Wildman–Crippen MR) is 55.1 cm³/mol. The van der Waals surface area contributed by atoms with Gasteiger partial charge in [0.25, 0.3) is 0 Å². The molecule has 1 rings (SSSR count). The average Bonchev–Trinajstić information content (AvgIpc) is 2.46. The van der Waals surface area contributed by atoms with E-state index < -0.39 is 0 Å². The molecule has 4 N–H and O–H groups in total. The number of nitrogen functional groups attached to an aromatic ring is 1. The van der Waals surface area contributed by atoms with Crippen molar-refractivity contribution in [2.24, 2.45) is 0 Å². The van der Waals surface area contributed by atoms with Gasteiger partial charge in [-0.1, -0.05) is 6.92 Å². The van der Waals surface area contributed by atoms with E-state index in [1.165, 1.54) is 4.57 Å². The molecule has 0 unspecified atom stereocenters. The maximum atomic E-state index is 11.3. The second-order valence-corrected chi connectivity index (χ2v) is 3.21. The Kier molecular flexibility index (Phi) is 3.63. The van der Waals surface area contributed by atoms with E-state index in [0.717, 1.165) is 6.42 Å². The summed E-state index contributed by atoms with van der Waals surface area (Å²) in [5, 5.41) is 8.92. The molecule has 0 atom stereocenters. The fraction of sp³-hybridized carbons (Fsp3) is 0.571. The van der Waals surface area contributed by atoms with Crippen molar-refractivity contribution in [3.05, 3.63) is 4.77 Å². The van der Waals surface area contributed by atoms with Crippen molar-refractivity contribution in [1.29, 1.82) is 0 Å². The summed E-state index contributed by atoms with van der Waals surface area (Å²) in [6.45, 7) is 2.75. The standard InChI is InChI=1S/C7H13N5OS/c1-2-3-9-5(13)4-12-6(8)10-11-7(12)14/h2-4H2,1H3,(H2,8,10)(H,9,13)(H,11,14). The lowest BCUT2D eigenvalue weighted by Crippen LogP contribution is -2.28. The van der Waals surface area contributed by atoms with Crippen LogP contribution in [-0.4, -0.2) is 27.2 Å². The Labute approximate surface area is 86.5 Å². The lowest BCUT2D eigenvalue weighted by atomic mass is 10.4. The summed E-state index contributed by atoms with van der Waals surface area (Å²) in [5.41, 5.74) is 5.49. The Hall–Kier alpha value is -1.37. The molecule has 0 saturated carbocycles. The first-order chi connectivity index (χ1) is 6.65. The number of hydrogen-bond donors (Lipinski definition) is 3. The predicted octanol–water partition coefficient (Wildman–Crippen LogP) is 0.0491. The molecular weight excluding hydrogens is 202 g/mol. The first-order valence-electron chi connectivity index (χ1n) is 4.32. The van der Waals surface area contributed by atoms with Crippen LogP contribution in [0.2, 0.25) is 0 Å². The van der Waals surface area contributed by atoms with Gasteiger partial charge < -0.3 is 11.1 Å². The second-order valence-electron chi connectivity index (χ2n) is 2.82. The highest BCUT2D eigenvalue weighted by Crippen LogP contribution is 1.97. The van der Waals surface area contributed by atoms with E-state index in [-0.39, 0.29) is 18.4 Å². The van der Waals surface area contributed by atoms with Crippen LogP contribution >= 0.6 is 12.2 Å². The van der Waals surface area contributed by atoms with Gasteiger partial charge >= 0.3 is 0 Å². The van der Waals surface area contributed by atoms with E-state index >= 15 is 0 Å². The molecule has 14 heavy (non-hydrogen) atoms. The molecule has 7 heteroatoms. The molecule has 1 amide bonds. The molecule has 0 aliphatic heterocycles. The maximum absolute atomic E-state index is 11.3. The van der Waals surface area contributed by atoms with E-state index in [4.69, 9.17) is 18.0 Å². The quantitative estimate of drug-likeness (QED) is 0.619. The third kappa shape index (κ3) is 2.56. The average molecular weight is 215 g/mol. The van der Waals surface area contributed by atoms with Crippen LogP contribution in [0.15, 0.2) is 0 Å². The minimum absolute atomic E-state index is 0.112. The van der Waals surface area contributed by atoms with Crippen molar-refractivity contribution in [3.8, 4) is 0 Å². The summed E-state index contributed by atoms with van der Waals surface area (Å²) in [6.07, 6.45) is 0.901. The van der Waals surface area contributed by atoms with Crippen LogP contribution in [0.3, 0.4) is 0 Å². The van der Waals surface area contributed by atoms with Gasteiger partial charge in [0.05, 0.1) is 0 Å². The molecule has 78 valence electrons. The molecule has 0 radical (unpaired) electrons. The number of aromatic nitrogens is 3. The number of amides is 1. The summed E-state index contributed by atoms with van der Waals surface area (Å²) < 4.78 is 1.80. The Bertz CT molecular complexity index is 368. The van der Waals surface area contributed by atoms with Gasteiger partial charge in [0.1, 0.15) is 6.54 Å². The fourth-order valence-electron chi connectivity index (χ4n) is 0.947. The van der Waals surface area contributed by atoms with E-state index in [0.29, 0.717) is 11.3 Å². The topological polar surface area (TPSA) is 88.7 Å². The van der Waals surface area contributed by atoms with E-state index in [9.17, 15) is 4.79 Å². The Morgan fingerprint density at radius 1 is 1.79 bits per heavy atom. The monoisotopic (exact) mass is 215 g/mol. The summed E-state index contributed by atoms with van der Waals surface area (Å²) in [4.78, 5) is 11.3. The summed E-state index contributed by atoms with van der Waals surface area (Å²) >= 11 is 4.89. The van der Waals surface area contributed by atoms with Crippen molar-refractivity contribution in [3.63, 3.8) is 0 Å². The van der Waals surface area contributed by atoms with Crippen molar-refractivity contribution < 1.29 is 4.79 Å². The van der Waals surface area contributed by atoms with Crippen molar-refractivity contribution in [1.82, 2.24) is 20.1 Å². The number of H-pyrrole nitrogens is 1.